The van der Waals surface area contributed by atoms with Crippen LogP contribution in [0.25, 0.3) is 11.4 Å². The smallest absolute Gasteiger partial charge is 0.316 e. The molecule has 7 nitrogen and oxygen atoms in total. The maximum atomic E-state index is 11.2. The Bertz CT molecular complexity index is 740. The van der Waals surface area contributed by atoms with Gasteiger partial charge < -0.3 is 5.73 Å². The summed E-state index contributed by atoms with van der Waals surface area (Å²) in [6, 6.07) is 5.43. The lowest BCUT2D eigenvalue weighted by Gasteiger charge is -2.28. The molecule has 128 valence electrons. The van der Waals surface area contributed by atoms with E-state index in [2.05, 4.69) is 23.6 Å². The van der Waals surface area contributed by atoms with E-state index in [1.807, 2.05) is 12.1 Å². The number of pyridine rings is 1. The first kappa shape index (κ1) is 17.8. The number of nitrogens with two attached hydrogens (primary N) is 1. The average Bonchev–Trinajstić information content (AvgIpc) is 2.95. The minimum absolute atomic E-state index is 0.0675. The molecule has 0 aliphatic rings. The number of rotatable bonds is 8. The summed E-state index contributed by atoms with van der Waals surface area (Å²) in [6.07, 6.45) is 6.40. The first-order valence-electron chi connectivity index (χ1n) is 7.97. The van der Waals surface area contributed by atoms with E-state index in [1.54, 1.807) is 19.2 Å². The van der Waals surface area contributed by atoms with Crippen LogP contribution in [-0.2, 0) is 12.6 Å². The van der Waals surface area contributed by atoms with Gasteiger partial charge in [-0.15, -0.1) is 6.58 Å². The van der Waals surface area contributed by atoms with E-state index in [1.165, 1.54) is 10.9 Å². The van der Waals surface area contributed by atoms with Crippen LogP contribution < -0.4 is 5.73 Å². The maximum Gasteiger partial charge on any atom is 0.316 e. The molecule has 0 aliphatic heterocycles. The number of nitrogens with zero attached hydrogens (tertiary/aromatic N) is 4. The van der Waals surface area contributed by atoms with Gasteiger partial charge in [-0.1, -0.05) is 31.9 Å². The van der Waals surface area contributed by atoms with Gasteiger partial charge in [-0.2, -0.15) is 5.10 Å². The highest BCUT2D eigenvalue weighted by Gasteiger charge is 2.29. The van der Waals surface area contributed by atoms with Crippen LogP contribution in [-0.4, -0.2) is 19.7 Å². The molecule has 1 atom stereocenters. The molecule has 0 radical (unpaired) electrons. The van der Waals surface area contributed by atoms with Gasteiger partial charge in [0.15, 0.2) is 5.69 Å². The van der Waals surface area contributed by atoms with Gasteiger partial charge in [0.2, 0.25) is 0 Å². The normalized spacial score (nSPS) is 13.5. The summed E-state index contributed by atoms with van der Waals surface area (Å²) in [5.41, 5.74) is 7.47. The fourth-order valence-electron chi connectivity index (χ4n) is 2.78. The molecular formula is C17H23N5O2. The number of unbranched alkanes of at least 4 members (excludes halogenated alkanes) is 1. The third-order valence-electron chi connectivity index (χ3n) is 4.10. The summed E-state index contributed by atoms with van der Waals surface area (Å²) in [5.74, 6) is 0. The minimum Gasteiger partial charge on any atom is -0.320 e. The molecular weight excluding hydrogens is 306 g/mol. The molecule has 2 aromatic heterocycles. The number of aromatic nitrogens is 3. The second kappa shape index (κ2) is 7.35. The van der Waals surface area contributed by atoms with Crippen molar-refractivity contribution in [1.29, 1.82) is 0 Å². The van der Waals surface area contributed by atoms with Crippen LogP contribution >= 0.6 is 0 Å². The van der Waals surface area contributed by atoms with E-state index < -0.39 is 10.5 Å². The molecule has 0 spiro atoms. The lowest BCUT2D eigenvalue weighted by molar-refractivity contribution is -0.384. The summed E-state index contributed by atoms with van der Waals surface area (Å²) >= 11 is 0. The lowest BCUT2D eigenvalue weighted by Crippen LogP contribution is -2.37. The molecule has 0 unspecified atom stereocenters. The van der Waals surface area contributed by atoms with Gasteiger partial charge in [0.05, 0.1) is 21.9 Å². The Morgan fingerprint density at radius 3 is 2.88 bits per heavy atom. The molecule has 24 heavy (non-hydrogen) atoms. The van der Waals surface area contributed by atoms with E-state index in [-0.39, 0.29) is 5.69 Å². The third-order valence-corrected chi connectivity index (χ3v) is 4.10. The third kappa shape index (κ3) is 3.51. The molecule has 2 aromatic rings. The van der Waals surface area contributed by atoms with Crippen LogP contribution in [0.1, 0.15) is 38.3 Å². The first-order chi connectivity index (χ1) is 11.4. The maximum absolute atomic E-state index is 11.2. The van der Waals surface area contributed by atoms with Crippen molar-refractivity contribution < 1.29 is 4.92 Å². The van der Waals surface area contributed by atoms with Crippen LogP contribution in [0, 0.1) is 10.1 Å². The highest BCUT2D eigenvalue weighted by Crippen LogP contribution is 2.32. The summed E-state index contributed by atoms with van der Waals surface area (Å²) in [4.78, 5) is 15.4. The van der Waals surface area contributed by atoms with Crippen molar-refractivity contribution in [2.75, 3.05) is 0 Å². The van der Waals surface area contributed by atoms with Crippen molar-refractivity contribution >= 4 is 5.69 Å². The molecule has 0 saturated carbocycles. The van der Waals surface area contributed by atoms with Gasteiger partial charge in [-0.25, -0.2) is 4.98 Å². The van der Waals surface area contributed by atoms with Gasteiger partial charge in [0, 0.05) is 7.05 Å². The predicted molar refractivity (Wildman–Crippen MR) is 93.3 cm³/mol. The average molecular weight is 329 g/mol. The van der Waals surface area contributed by atoms with Gasteiger partial charge in [-0.05, 0) is 25.0 Å². The monoisotopic (exact) mass is 329 g/mol. The number of hydrogen-bond donors (Lipinski definition) is 1. The van der Waals surface area contributed by atoms with Crippen LogP contribution in [0.5, 0.6) is 0 Å². The van der Waals surface area contributed by atoms with E-state index in [4.69, 9.17) is 5.73 Å². The van der Waals surface area contributed by atoms with E-state index in [0.717, 1.165) is 19.3 Å². The Balaban J connectivity index is 2.50. The van der Waals surface area contributed by atoms with Gasteiger partial charge in [-0.3, -0.25) is 14.8 Å². The van der Waals surface area contributed by atoms with E-state index in [0.29, 0.717) is 23.5 Å². The molecule has 0 fully saturated rings. The van der Waals surface area contributed by atoms with Crippen molar-refractivity contribution in [3.63, 3.8) is 0 Å². The van der Waals surface area contributed by atoms with Crippen molar-refractivity contribution in [2.45, 2.75) is 38.1 Å². The van der Waals surface area contributed by atoms with Crippen LogP contribution in [0.15, 0.2) is 37.1 Å². The zero-order valence-electron chi connectivity index (χ0n) is 14.1. The molecule has 2 rings (SSSR count). The van der Waals surface area contributed by atoms with Crippen molar-refractivity contribution in [3.05, 3.63) is 52.9 Å². The Kier molecular flexibility index (Phi) is 5.46. The molecule has 0 saturated heterocycles. The highest BCUT2D eigenvalue weighted by molar-refractivity contribution is 5.66. The van der Waals surface area contributed by atoms with Gasteiger partial charge in [0.25, 0.3) is 0 Å². The summed E-state index contributed by atoms with van der Waals surface area (Å²) < 4.78 is 1.46. The molecule has 0 aliphatic carbocycles. The summed E-state index contributed by atoms with van der Waals surface area (Å²) in [6.45, 7) is 5.90. The summed E-state index contributed by atoms with van der Waals surface area (Å²) in [5, 5.41) is 15.2. The topological polar surface area (TPSA) is 99.9 Å². The Morgan fingerprint density at radius 2 is 2.25 bits per heavy atom. The first-order valence-corrected chi connectivity index (χ1v) is 7.97. The minimum atomic E-state index is -0.624. The number of hydrogen-bond acceptors (Lipinski definition) is 5. The Labute approximate surface area is 141 Å². The molecule has 2 N–H and O–H groups in total. The molecule has 2 heterocycles. The van der Waals surface area contributed by atoms with Crippen molar-refractivity contribution in [2.24, 2.45) is 12.8 Å². The number of nitro groups is 1. The molecule has 0 amide bonds. The van der Waals surface area contributed by atoms with Crippen molar-refractivity contribution in [3.8, 4) is 11.4 Å². The highest BCUT2D eigenvalue weighted by atomic mass is 16.6. The quantitative estimate of drug-likeness (QED) is 0.455. The zero-order valence-corrected chi connectivity index (χ0v) is 14.1. The second-order valence-corrected chi connectivity index (χ2v) is 5.92. The largest absolute Gasteiger partial charge is 0.320 e. The van der Waals surface area contributed by atoms with Crippen LogP contribution in [0.2, 0.25) is 0 Å². The second-order valence-electron chi connectivity index (χ2n) is 5.92. The standard InChI is InChI=1S/C17H23N5O2/c1-4-6-11-17(18,10-5-2)15-9-7-8-13(20-15)16-14(22(23)24)12-19-21(16)3/h5,7-9,12H,2,4,6,10-11,18H2,1,3H3/t17-/m1/s1. The Morgan fingerprint density at radius 1 is 1.50 bits per heavy atom. The predicted octanol–water partition coefficient (Wildman–Crippen LogP) is 3.31. The molecule has 7 heteroatoms. The molecule has 0 bridgehead atoms. The van der Waals surface area contributed by atoms with Gasteiger partial charge in [0.1, 0.15) is 6.20 Å². The Hall–Kier alpha value is -2.54. The van der Waals surface area contributed by atoms with E-state index in [9.17, 15) is 10.1 Å². The van der Waals surface area contributed by atoms with E-state index >= 15 is 0 Å². The summed E-state index contributed by atoms with van der Waals surface area (Å²) in [7, 11) is 1.66. The van der Waals surface area contributed by atoms with Gasteiger partial charge >= 0.3 is 5.69 Å². The molecule has 0 aromatic carbocycles. The van der Waals surface area contributed by atoms with Crippen LogP contribution in [0.3, 0.4) is 0 Å². The SMILES string of the molecule is C=CC[C@@](N)(CCCC)c1cccc(-c2c([N+](=O)[O-])cnn2C)n1. The van der Waals surface area contributed by atoms with Crippen molar-refractivity contribution in [1.82, 2.24) is 14.8 Å². The fraction of sp³-hybridized carbons (Fsp3) is 0.412. The number of aryl methyl sites for hydroxylation is 1. The zero-order chi connectivity index (χ0) is 17.7. The lowest BCUT2D eigenvalue weighted by atomic mass is 9.86. The van der Waals surface area contributed by atoms with Crippen LogP contribution in [0.4, 0.5) is 5.69 Å². The fourth-order valence-corrected chi connectivity index (χ4v) is 2.78.